The normalized spacial score (nSPS) is 10.0. The molecule has 2 aromatic rings. The van der Waals surface area contributed by atoms with Crippen LogP contribution in [-0.2, 0) is 0 Å². The maximum atomic E-state index is 3.15. The molecular weight excluding hydrogens is 120 g/mol. The molecule has 0 atom stereocenters. The van der Waals surface area contributed by atoms with Crippen LogP contribution in [0.15, 0.2) is 42.5 Å². The summed E-state index contributed by atoms with van der Waals surface area (Å²) in [5.41, 5.74) is 0. The molecule has 0 heterocycles. The highest BCUT2D eigenvalue weighted by atomic mass is 13.9. The van der Waals surface area contributed by atoms with Gasteiger partial charge in [0.25, 0.3) is 0 Å². The first kappa shape index (κ1) is 5.48. The van der Waals surface area contributed by atoms with E-state index in [0.717, 1.165) is 0 Å². The molecule has 2 rings (SSSR count). The van der Waals surface area contributed by atoms with Crippen LogP contribution in [0.5, 0.6) is 0 Å². The Morgan fingerprint density at radius 1 is 1.00 bits per heavy atom. The second-order valence-electron chi connectivity index (χ2n) is 2.26. The molecular formula is C10H8+. The third-order valence-corrected chi connectivity index (χ3v) is 1.57. The van der Waals surface area contributed by atoms with E-state index in [1.54, 1.807) is 0 Å². The predicted octanol–water partition coefficient (Wildman–Crippen LogP) is 2.75. The van der Waals surface area contributed by atoms with Gasteiger partial charge in [0.05, 0.1) is 0 Å². The summed E-state index contributed by atoms with van der Waals surface area (Å²) < 4.78 is 0. The fourth-order valence-electron chi connectivity index (χ4n) is 1.06. The van der Waals surface area contributed by atoms with Gasteiger partial charge in [-0.1, -0.05) is 42.5 Å². The van der Waals surface area contributed by atoms with Crippen molar-refractivity contribution in [3.63, 3.8) is 0 Å². The van der Waals surface area contributed by atoms with E-state index in [4.69, 9.17) is 0 Å². The number of benzene rings is 2. The molecule has 0 unspecified atom stereocenters. The minimum atomic E-state index is 0. The van der Waals surface area contributed by atoms with Crippen molar-refractivity contribution in [1.29, 1.82) is 0 Å². The van der Waals surface area contributed by atoms with Gasteiger partial charge in [0, 0.05) is 0 Å². The first-order valence-electron chi connectivity index (χ1n) is 3.32. The van der Waals surface area contributed by atoms with Crippen LogP contribution >= 0.6 is 0 Å². The Morgan fingerprint density at radius 2 is 1.80 bits per heavy atom. The van der Waals surface area contributed by atoms with Gasteiger partial charge < -0.3 is 0 Å². The third kappa shape index (κ3) is 0.781. The lowest BCUT2D eigenvalue weighted by atomic mass is 10.1. The highest BCUT2D eigenvalue weighted by molar-refractivity contribution is 5.81. The molecule has 0 N–H and O–H groups in total. The van der Waals surface area contributed by atoms with Crippen molar-refractivity contribution < 1.29 is 1.43 Å². The summed E-state index contributed by atoms with van der Waals surface area (Å²) in [4.78, 5) is 0. The van der Waals surface area contributed by atoms with E-state index in [2.05, 4.69) is 24.3 Å². The van der Waals surface area contributed by atoms with Crippen molar-refractivity contribution in [2.24, 2.45) is 0 Å². The second-order valence-corrected chi connectivity index (χ2v) is 2.26. The molecule has 0 bridgehead atoms. The van der Waals surface area contributed by atoms with Gasteiger partial charge in [-0.3, -0.25) is 0 Å². The number of hydrogen-bond acceptors (Lipinski definition) is 0. The fourth-order valence-corrected chi connectivity index (χ4v) is 1.06. The summed E-state index contributed by atoms with van der Waals surface area (Å²) in [6, 6.07) is 17.4. The first-order chi connectivity index (χ1) is 4.97. The Hall–Kier alpha value is -1.30. The largest absolute Gasteiger partial charge is 1.00 e. The molecule has 0 aliphatic carbocycles. The lowest BCUT2D eigenvalue weighted by molar-refractivity contribution is 1.74. The van der Waals surface area contributed by atoms with E-state index >= 15 is 0 Å². The Bertz CT molecular complexity index is 276. The molecule has 0 aromatic heterocycles. The molecule has 0 heteroatoms. The monoisotopic (exact) mass is 128 g/mol. The van der Waals surface area contributed by atoms with Crippen molar-refractivity contribution in [2.75, 3.05) is 0 Å². The molecule has 0 saturated carbocycles. The molecule has 0 fully saturated rings. The zero-order valence-electron chi connectivity index (χ0n) is 6.54. The summed E-state index contributed by atoms with van der Waals surface area (Å²) in [6.07, 6.45) is 0. The minimum Gasteiger partial charge on any atom is -0.0616 e. The molecule has 0 nitrogen and oxygen atoms in total. The summed E-state index contributed by atoms with van der Waals surface area (Å²) >= 11 is 0. The maximum Gasteiger partial charge on any atom is 1.00 e. The maximum absolute atomic E-state index is 3.15. The molecule has 0 amide bonds. The Balaban J connectivity index is 0.000000605. The molecule has 47 valence electrons. The SMILES string of the molecule is [H+].[c]1cccc2ccccc12. The first-order valence-corrected chi connectivity index (χ1v) is 3.32. The topological polar surface area (TPSA) is 0 Å². The van der Waals surface area contributed by atoms with Crippen LogP contribution in [0.25, 0.3) is 10.8 Å². The average molecular weight is 128 g/mol. The predicted molar refractivity (Wildman–Crippen MR) is 43.9 cm³/mol. The van der Waals surface area contributed by atoms with Gasteiger partial charge in [0.2, 0.25) is 0 Å². The van der Waals surface area contributed by atoms with Crippen molar-refractivity contribution >= 4 is 10.8 Å². The van der Waals surface area contributed by atoms with Crippen molar-refractivity contribution in [3.8, 4) is 0 Å². The average Bonchev–Trinajstić information content (AvgIpc) is 2.05. The van der Waals surface area contributed by atoms with Gasteiger partial charge in [-0.25, -0.2) is 0 Å². The van der Waals surface area contributed by atoms with Gasteiger partial charge in [0.1, 0.15) is 0 Å². The van der Waals surface area contributed by atoms with E-state index in [-0.39, 0.29) is 1.43 Å². The molecule has 0 spiro atoms. The van der Waals surface area contributed by atoms with Crippen LogP contribution in [0.1, 0.15) is 1.43 Å². The zero-order valence-corrected chi connectivity index (χ0v) is 5.54. The molecule has 10 heavy (non-hydrogen) atoms. The van der Waals surface area contributed by atoms with Crippen LogP contribution in [0.3, 0.4) is 0 Å². The van der Waals surface area contributed by atoms with Crippen LogP contribution in [0.4, 0.5) is 0 Å². The van der Waals surface area contributed by atoms with Crippen LogP contribution in [0, 0.1) is 6.07 Å². The zero-order chi connectivity index (χ0) is 6.81. The minimum absolute atomic E-state index is 0. The standard InChI is InChI=1S/C10H7/c1-2-6-10-8-4-3-7-9(10)5-1/h1-7H/p+1. The van der Waals surface area contributed by atoms with Gasteiger partial charge in [-0.2, -0.15) is 0 Å². The van der Waals surface area contributed by atoms with Gasteiger partial charge in [-0.15, -0.1) is 0 Å². The molecule has 0 aliphatic heterocycles. The van der Waals surface area contributed by atoms with Gasteiger partial charge in [0.15, 0.2) is 0 Å². The summed E-state index contributed by atoms with van der Waals surface area (Å²) in [7, 11) is 0. The number of rotatable bonds is 0. The summed E-state index contributed by atoms with van der Waals surface area (Å²) in [6.45, 7) is 0. The summed E-state index contributed by atoms with van der Waals surface area (Å²) in [5.74, 6) is 0. The number of fused-ring (bicyclic) bond motifs is 1. The van der Waals surface area contributed by atoms with Crippen molar-refractivity contribution in [2.45, 2.75) is 0 Å². The Labute approximate surface area is 61.6 Å². The molecule has 0 aliphatic rings. The van der Waals surface area contributed by atoms with Crippen molar-refractivity contribution in [1.82, 2.24) is 0 Å². The third-order valence-electron chi connectivity index (χ3n) is 1.57. The van der Waals surface area contributed by atoms with E-state index in [1.807, 2.05) is 24.3 Å². The van der Waals surface area contributed by atoms with E-state index in [9.17, 15) is 0 Å². The quantitative estimate of drug-likeness (QED) is 0.511. The van der Waals surface area contributed by atoms with Crippen LogP contribution in [-0.4, -0.2) is 0 Å². The number of hydrogen-bond donors (Lipinski definition) is 0. The Kier molecular flexibility index (Phi) is 1.17. The van der Waals surface area contributed by atoms with Gasteiger partial charge in [-0.05, 0) is 16.8 Å². The van der Waals surface area contributed by atoms with E-state index < -0.39 is 0 Å². The lowest BCUT2D eigenvalue weighted by Gasteiger charge is -1.91. The fraction of sp³-hybridized carbons (Fsp3) is 0. The van der Waals surface area contributed by atoms with E-state index in [1.165, 1.54) is 10.8 Å². The van der Waals surface area contributed by atoms with Crippen molar-refractivity contribution in [3.05, 3.63) is 48.5 Å². The highest BCUT2D eigenvalue weighted by Gasteiger charge is 1.85. The molecule has 1 radical (unpaired) electrons. The molecule has 0 saturated heterocycles. The Morgan fingerprint density at radius 3 is 2.70 bits per heavy atom. The van der Waals surface area contributed by atoms with E-state index in [0.29, 0.717) is 0 Å². The lowest BCUT2D eigenvalue weighted by Crippen LogP contribution is -1.67. The second kappa shape index (κ2) is 2.14. The smallest absolute Gasteiger partial charge is 0.0616 e. The summed E-state index contributed by atoms with van der Waals surface area (Å²) in [5, 5.41) is 2.44. The highest BCUT2D eigenvalue weighted by Crippen LogP contribution is 2.10. The van der Waals surface area contributed by atoms with Crippen LogP contribution < -0.4 is 0 Å². The van der Waals surface area contributed by atoms with Crippen LogP contribution in [0.2, 0.25) is 0 Å². The molecule has 2 aromatic carbocycles. The van der Waals surface area contributed by atoms with Gasteiger partial charge >= 0.3 is 1.43 Å².